The van der Waals surface area contributed by atoms with Gasteiger partial charge in [0.25, 0.3) is 0 Å². The summed E-state index contributed by atoms with van der Waals surface area (Å²) < 4.78 is 41.7. The smallest absolute Gasteiger partial charge is 0.372 e. The molecule has 0 saturated heterocycles. The van der Waals surface area contributed by atoms with Gasteiger partial charge in [-0.2, -0.15) is 0 Å². The second-order valence-electron chi connectivity index (χ2n) is 6.27. The van der Waals surface area contributed by atoms with Crippen molar-refractivity contribution in [2.75, 3.05) is 20.0 Å². The summed E-state index contributed by atoms with van der Waals surface area (Å²) in [5, 5.41) is 1.47. The fourth-order valence-corrected chi connectivity index (χ4v) is 3.28. The molecule has 8 nitrogen and oxygen atoms in total. The van der Waals surface area contributed by atoms with Crippen molar-refractivity contribution in [3.63, 3.8) is 0 Å². The van der Waals surface area contributed by atoms with Crippen LogP contribution in [-0.4, -0.2) is 49.2 Å². The third kappa shape index (κ3) is 6.51. The first-order valence-corrected chi connectivity index (χ1v) is 10.0. The van der Waals surface area contributed by atoms with Gasteiger partial charge in [-0.3, -0.25) is 4.79 Å². The lowest BCUT2D eigenvalue weighted by molar-refractivity contribution is -0.144. The molecule has 0 radical (unpaired) electrons. The molecule has 32 heavy (non-hydrogen) atoms. The Morgan fingerprint density at radius 2 is 1.75 bits per heavy atom. The Bertz CT molecular complexity index is 1040. The summed E-state index contributed by atoms with van der Waals surface area (Å²) in [5.74, 6) is -4.05. The van der Waals surface area contributed by atoms with Gasteiger partial charge in [-0.25, -0.2) is 23.2 Å². The van der Waals surface area contributed by atoms with E-state index in [0.717, 1.165) is 20.3 Å². The minimum atomic E-state index is -1.08. The first-order valence-electron chi connectivity index (χ1n) is 9.03. The molecule has 1 atom stereocenters. The molecule has 0 heterocycles. The Morgan fingerprint density at radius 1 is 1.03 bits per heavy atom. The lowest BCUT2D eigenvalue weighted by Crippen LogP contribution is -2.42. The summed E-state index contributed by atoms with van der Waals surface area (Å²) in [6.07, 6.45) is 0. The van der Waals surface area contributed by atoms with Crippen LogP contribution in [0.3, 0.4) is 0 Å². The van der Waals surface area contributed by atoms with Gasteiger partial charge in [0, 0.05) is 24.3 Å². The molecule has 0 aromatic heterocycles. The quantitative estimate of drug-likeness (QED) is 0.618. The van der Waals surface area contributed by atoms with Gasteiger partial charge in [0.05, 0.1) is 14.2 Å². The molecule has 2 aromatic carbocycles. The van der Waals surface area contributed by atoms with E-state index in [9.17, 15) is 28.0 Å². The summed E-state index contributed by atoms with van der Waals surface area (Å²) in [7, 11) is 2.25. The van der Waals surface area contributed by atoms with E-state index in [2.05, 4.69) is 14.8 Å². The zero-order valence-electron chi connectivity index (χ0n) is 17.3. The molecule has 0 saturated carbocycles. The molecule has 1 unspecified atom stereocenters. The average molecular weight is 467 g/mol. The third-order valence-electron chi connectivity index (χ3n) is 4.05. The van der Waals surface area contributed by atoms with E-state index < -0.39 is 40.8 Å². The van der Waals surface area contributed by atoms with E-state index in [1.165, 1.54) is 31.2 Å². The number of halogens is 2. The number of benzene rings is 2. The Balaban J connectivity index is 2.23. The van der Waals surface area contributed by atoms with Crippen molar-refractivity contribution < 1.29 is 42.2 Å². The highest BCUT2D eigenvalue weighted by molar-refractivity contribution is 8.13. The van der Waals surface area contributed by atoms with E-state index >= 15 is 0 Å². The molecule has 0 aliphatic carbocycles. The van der Waals surface area contributed by atoms with Gasteiger partial charge in [0.1, 0.15) is 29.0 Å². The van der Waals surface area contributed by atoms with Crippen molar-refractivity contribution in [2.24, 2.45) is 0 Å². The van der Waals surface area contributed by atoms with Gasteiger partial charge in [-0.15, -0.1) is 0 Å². The SMILES string of the molecule is COC(=O)c1cc(-c2ccc(F)cc2F)ccc1OC(=O)SCC(NC(C)=O)C(=O)OC. The predicted octanol–water partition coefficient (Wildman–Crippen LogP) is 3.33. The molecule has 0 aliphatic rings. The van der Waals surface area contributed by atoms with Crippen molar-refractivity contribution in [3.8, 4) is 16.9 Å². The molecule has 0 fully saturated rings. The van der Waals surface area contributed by atoms with Crippen LogP contribution in [0, 0.1) is 11.6 Å². The third-order valence-corrected chi connectivity index (χ3v) is 4.87. The number of hydrogen-bond donors (Lipinski definition) is 1. The maximum atomic E-state index is 14.1. The number of nitrogens with one attached hydrogen (secondary N) is 1. The van der Waals surface area contributed by atoms with Crippen LogP contribution in [0.2, 0.25) is 0 Å². The van der Waals surface area contributed by atoms with Gasteiger partial charge in [-0.1, -0.05) is 6.07 Å². The minimum Gasteiger partial charge on any atom is -0.467 e. The van der Waals surface area contributed by atoms with Gasteiger partial charge in [0.15, 0.2) is 0 Å². The summed E-state index contributed by atoms with van der Waals surface area (Å²) in [5.41, 5.74) is 0.0841. The molecule has 11 heteroatoms. The van der Waals surface area contributed by atoms with Crippen LogP contribution in [0.25, 0.3) is 11.1 Å². The topological polar surface area (TPSA) is 108 Å². The van der Waals surface area contributed by atoms with Crippen molar-refractivity contribution in [1.29, 1.82) is 0 Å². The van der Waals surface area contributed by atoms with E-state index in [1.807, 2.05) is 0 Å². The lowest BCUT2D eigenvalue weighted by atomic mass is 10.0. The summed E-state index contributed by atoms with van der Waals surface area (Å²) >= 11 is 0.567. The second-order valence-corrected chi connectivity index (χ2v) is 7.22. The lowest BCUT2D eigenvalue weighted by Gasteiger charge is -2.15. The number of carbonyl (C=O) groups is 4. The Hall–Kier alpha value is -3.47. The minimum absolute atomic E-state index is 0.0278. The number of methoxy groups -OCH3 is 2. The standard InChI is InChI=1S/C21H19F2NO7S/c1-11(25)24-17(20(27)30-3)10-32-21(28)31-18-7-4-12(8-15(18)19(26)29-2)14-6-5-13(22)9-16(14)23/h4-9,17H,10H2,1-3H3,(H,24,25). The highest BCUT2D eigenvalue weighted by Gasteiger charge is 2.24. The Morgan fingerprint density at radius 3 is 2.34 bits per heavy atom. The number of rotatable bonds is 7. The van der Waals surface area contributed by atoms with Crippen LogP contribution in [0.15, 0.2) is 36.4 Å². The number of hydrogen-bond acceptors (Lipinski definition) is 8. The molecular formula is C21H19F2NO7S. The average Bonchev–Trinajstić information content (AvgIpc) is 2.75. The first kappa shape index (κ1) is 24.8. The normalized spacial score (nSPS) is 11.3. The highest BCUT2D eigenvalue weighted by atomic mass is 32.2. The summed E-state index contributed by atoms with van der Waals surface area (Å²) in [6, 6.07) is 5.76. The number of amides is 1. The Kier molecular flexibility index (Phi) is 8.71. The predicted molar refractivity (Wildman–Crippen MR) is 111 cm³/mol. The first-order chi connectivity index (χ1) is 15.2. The van der Waals surface area contributed by atoms with E-state index in [4.69, 9.17) is 4.74 Å². The van der Waals surface area contributed by atoms with Crippen LogP contribution >= 0.6 is 11.8 Å². The molecule has 2 aromatic rings. The zero-order valence-corrected chi connectivity index (χ0v) is 18.1. The molecule has 1 N–H and O–H groups in total. The molecular weight excluding hydrogens is 448 g/mol. The van der Waals surface area contributed by atoms with Crippen LogP contribution in [0.4, 0.5) is 13.6 Å². The summed E-state index contributed by atoms with van der Waals surface area (Å²) in [6.45, 7) is 1.20. The maximum Gasteiger partial charge on any atom is 0.372 e. The molecule has 2 rings (SSSR count). The van der Waals surface area contributed by atoms with E-state index in [-0.39, 0.29) is 28.2 Å². The van der Waals surface area contributed by atoms with Gasteiger partial charge in [0.2, 0.25) is 5.91 Å². The number of carbonyl (C=O) groups excluding carboxylic acids is 4. The van der Waals surface area contributed by atoms with Crippen LogP contribution < -0.4 is 10.1 Å². The molecule has 0 aliphatic heterocycles. The maximum absolute atomic E-state index is 14.1. The highest BCUT2D eigenvalue weighted by Crippen LogP contribution is 2.30. The molecule has 170 valence electrons. The van der Waals surface area contributed by atoms with Gasteiger partial charge in [-0.05, 0) is 41.6 Å². The van der Waals surface area contributed by atoms with E-state index in [1.54, 1.807) is 0 Å². The van der Waals surface area contributed by atoms with Crippen molar-refractivity contribution >= 4 is 34.9 Å². The number of ether oxygens (including phenoxy) is 3. The number of esters is 2. The number of thioether (sulfide) groups is 1. The van der Waals surface area contributed by atoms with Crippen molar-refractivity contribution in [2.45, 2.75) is 13.0 Å². The molecule has 1 amide bonds. The Labute approximate surface area is 186 Å². The molecule has 0 bridgehead atoms. The van der Waals surface area contributed by atoms with Crippen LogP contribution in [0.5, 0.6) is 5.75 Å². The molecule has 0 spiro atoms. The monoisotopic (exact) mass is 467 g/mol. The van der Waals surface area contributed by atoms with E-state index in [0.29, 0.717) is 17.8 Å². The van der Waals surface area contributed by atoms with Crippen molar-refractivity contribution in [1.82, 2.24) is 5.32 Å². The largest absolute Gasteiger partial charge is 0.467 e. The second kappa shape index (κ2) is 11.2. The van der Waals surface area contributed by atoms with Crippen molar-refractivity contribution in [3.05, 3.63) is 53.6 Å². The summed E-state index contributed by atoms with van der Waals surface area (Å²) in [4.78, 5) is 47.3. The fraction of sp³-hybridized carbons (Fsp3) is 0.238. The van der Waals surface area contributed by atoms with Crippen LogP contribution in [-0.2, 0) is 19.1 Å². The van der Waals surface area contributed by atoms with Crippen LogP contribution in [0.1, 0.15) is 17.3 Å². The van der Waals surface area contributed by atoms with Gasteiger partial charge < -0.3 is 19.5 Å². The fourth-order valence-electron chi connectivity index (χ4n) is 2.61. The van der Waals surface area contributed by atoms with Gasteiger partial charge >= 0.3 is 17.2 Å². The zero-order chi connectivity index (χ0) is 23.8.